The van der Waals surface area contributed by atoms with E-state index in [0.29, 0.717) is 0 Å². The Morgan fingerprint density at radius 1 is 1.30 bits per heavy atom. The van der Waals surface area contributed by atoms with Crippen molar-refractivity contribution in [3.63, 3.8) is 0 Å². The van der Waals surface area contributed by atoms with Gasteiger partial charge in [-0.3, -0.25) is 0 Å². The summed E-state index contributed by atoms with van der Waals surface area (Å²) in [5, 5.41) is 0. The molecule has 0 heterocycles. The number of hydrogen-bond acceptors (Lipinski definition) is 0. The van der Waals surface area contributed by atoms with E-state index in [9.17, 15) is 0 Å². The zero-order chi connectivity index (χ0) is 7.23. The van der Waals surface area contributed by atoms with Gasteiger partial charge in [-0.2, -0.15) is 0 Å². The molecule has 0 aromatic carbocycles. The first-order valence-corrected chi connectivity index (χ1v) is 4.75. The topological polar surface area (TPSA) is 0 Å². The van der Waals surface area contributed by atoms with E-state index >= 15 is 0 Å². The Labute approximate surface area is 65.0 Å². The van der Waals surface area contributed by atoms with Crippen molar-refractivity contribution in [2.24, 2.45) is 5.92 Å². The average molecular weight is 139 g/mol. The highest BCUT2D eigenvalue weighted by atomic mass is 14.2. The van der Waals surface area contributed by atoms with Crippen LogP contribution in [-0.2, 0) is 0 Å². The molecule has 0 aliphatic heterocycles. The Hall–Kier alpha value is 0. The zero-order valence-corrected chi connectivity index (χ0v) is 7.10. The molecule has 0 nitrogen and oxygen atoms in total. The van der Waals surface area contributed by atoms with Crippen LogP contribution in [0.15, 0.2) is 0 Å². The van der Waals surface area contributed by atoms with E-state index in [1.54, 1.807) is 0 Å². The third-order valence-electron chi connectivity index (χ3n) is 2.50. The first-order chi connectivity index (χ1) is 4.93. The third kappa shape index (κ3) is 2.72. The Bertz CT molecular complexity index is 68.1. The SMILES string of the molecule is CCCC1CC[CH]CCC1. The zero-order valence-electron chi connectivity index (χ0n) is 7.10. The van der Waals surface area contributed by atoms with Crippen molar-refractivity contribution in [1.82, 2.24) is 0 Å². The van der Waals surface area contributed by atoms with Gasteiger partial charge in [0.1, 0.15) is 0 Å². The Morgan fingerprint density at radius 3 is 3.00 bits per heavy atom. The molecule has 0 heteroatoms. The Morgan fingerprint density at radius 2 is 2.20 bits per heavy atom. The van der Waals surface area contributed by atoms with Gasteiger partial charge < -0.3 is 0 Å². The first kappa shape index (κ1) is 8.10. The van der Waals surface area contributed by atoms with Gasteiger partial charge in [0, 0.05) is 0 Å². The van der Waals surface area contributed by atoms with Gasteiger partial charge in [-0.05, 0) is 18.8 Å². The minimum absolute atomic E-state index is 1.06. The van der Waals surface area contributed by atoms with Crippen LogP contribution in [0, 0.1) is 12.3 Å². The maximum absolute atomic E-state index is 2.47. The van der Waals surface area contributed by atoms with Crippen LogP contribution in [0.5, 0.6) is 0 Å². The lowest BCUT2D eigenvalue weighted by molar-refractivity contribution is 0.425. The molecule has 0 amide bonds. The molecule has 1 radical (unpaired) electrons. The number of hydrogen-bond donors (Lipinski definition) is 0. The molecule has 0 aromatic heterocycles. The normalized spacial score (nSPS) is 22.5. The second-order valence-electron chi connectivity index (χ2n) is 3.45. The highest BCUT2D eigenvalue weighted by Gasteiger charge is 2.10. The Balaban J connectivity index is 2.15. The second-order valence-corrected chi connectivity index (χ2v) is 3.45. The van der Waals surface area contributed by atoms with Crippen LogP contribution < -0.4 is 0 Å². The highest BCUT2D eigenvalue weighted by molar-refractivity contribution is 4.73. The van der Waals surface area contributed by atoms with Crippen LogP contribution in [0.25, 0.3) is 0 Å². The average Bonchev–Trinajstić information content (AvgIpc) is 2.17. The van der Waals surface area contributed by atoms with Gasteiger partial charge in [-0.15, -0.1) is 0 Å². The number of rotatable bonds is 2. The Kier molecular flexibility index (Phi) is 3.86. The molecule has 1 fully saturated rings. The molecule has 0 spiro atoms. The van der Waals surface area contributed by atoms with Crippen molar-refractivity contribution >= 4 is 0 Å². The maximum Gasteiger partial charge on any atom is -0.0386 e. The van der Waals surface area contributed by atoms with Crippen LogP contribution in [0.3, 0.4) is 0 Å². The van der Waals surface area contributed by atoms with Gasteiger partial charge in [0.05, 0.1) is 0 Å². The van der Waals surface area contributed by atoms with Crippen molar-refractivity contribution in [3.05, 3.63) is 6.42 Å². The summed E-state index contributed by atoms with van der Waals surface area (Å²) < 4.78 is 0. The molecule has 1 aliphatic carbocycles. The van der Waals surface area contributed by atoms with E-state index in [2.05, 4.69) is 13.3 Å². The molecule has 1 unspecified atom stereocenters. The molecule has 0 aromatic rings. The van der Waals surface area contributed by atoms with Gasteiger partial charge in [-0.25, -0.2) is 0 Å². The van der Waals surface area contributed by atoms with E-state index in [1.165, 1.54) is 44.9 Å². The fourth-order valence-electron chi connectivity index (χ4n) is 1.89. The summed E-state index contributed by atoms with van der Waals surface area (Å²) in [7, 11) is 0. The summed E-state index contributed by atoms with van der Waals surface area (Å²) in [5.41, 5.74) is 0. The molecule has 10 heavy (non-hydrogen) atoms. The van der Waals surface area contributed by atoms with E-state index in [1.807, 2.05) is 0 Å². The summed E-state index contributed by atoms with van der Waals surface area (Å²) in [6.07, 6.45) is 12.5. The van der Waals surface area contributed by atoms with Crippen molar-refractivity contribution in [1.29, 1.82) is 0 Å². The van der Waals surface area contributed by atoms with Crippen LogP contribution >= 0.6 is 0 Å². The molecular weight excluding hydrogens is 120 g/mol. The molecule has 0 N–H and O–H groups in total. The molecule has 1 aliphatic rings. The summed E-state index contributed by atoms with van der Waals surface area (Å²) in [6, 6.07) is 0. The quantitative estimate of drug-likeness (QED) is 0.513. The fourth-order valence-corrected chi connectivity index (χ4v) is 1.89. The standard InChI is InChI=1S/C10H19/c1-2-7-10-8-5-3-4-6-9-10/h3,10H,2,4-9H2,1H3. The monoisotopic (exact) mass is 139 g/mol. The lowest BCUT2D eigenvalue weighted by Crippen LogP contribution is -1.96. The fraction of sp³-hybridized carbons (Fsp3) is 0.900. The van der Waals surface area contributed by atoms with Crippen LogP contribution in [0.2, 0.25) is 0 Å². The smallest absolute Gasteiger partial charge is 0.0386 e. The lowest BCUT2D eigenvalue weighted by Gasteiger charge is -2.10. The third-order valence-corrected chi connectivity index (χ3v) is 2.50. The maximum atomic E-state index is 2.47. The van der Waals surface area contributed by atoms with Gasteiger partial charge in [0.2, 0.25) is 0 Å². The first-order valence-electron chi connectivity index (χ1n) is 4.75. The second kappa shape index (κ2) is 4.76. The van der Waals surface area contributed by atoms with Crippen LogP contribution in [0.4, 0.5) is 0 Å². The minimum Gasteiger partial charge on any atom is -0.0654 e. The van der Waals surface area contributed by atoms with Crippen LogP contribution in [0.1, 0.15) is 51.9 Å². The largest absolute Gasteiger partial charge is 0.0654 e. The van der Waals surface area contributed by atoms with E-state index in [4.69, 9.17) is 0 Å². The highest BCUT2D eigenvalue weighted by Crippen LogP contribution is 2.25. The molecule has 1 saturated carbocycles. The van der Waals surface area contributed by atoms with Gasteiger partial charge in [-0.1, -0.05) is 45.4 Å². The predicted octanol–water partition coefficient (Wildman–Crippen LogP) is 3.57. The van der Waals surface area contributed by atoms with Gasteiger partial charge in [0.25, 0.3) is 0 Å². The molecule has 0 bridgehead atoms. The molecule has 59 valence electrons. The molecule has 0 saturated heterocycles. The van der Waals surface area contributed by atoms with Crippen molar-refractivity contribution in [3.8, 4) is 0 Å². The van der Waals surface area contributed by atoms with E-state index in [-0.39, 0.29) is 0 Å². The van der Waals surface area contributed by atoms with Crippen LogP contribution in [-0.4, -0.2) is 0 Å². The van der Waals surface area contributed by atoms with Crippen molar-refractivity contribution < 1.29 is 0 Å². The molecule has 1 rings (SSSR count). The minimum atomic E-state index is 1.06. The van der Waals surface area contributed by atoms with Crippen molar-refractivity contribution in [2.45, 2.75) is 51.9 Å². The van der Waals surface area contributed by atoms with Gasteiger partial charge in [0.15, 0.2) is 0 Å². The summed E-state index contributed by atoms with van der Waals surface area (Å²) >= 11 is 0. The van der Waals surface area contributed by atoms with Crippen molar-refractivity contribution in [2.75, 3.05) is 0 Å². The predicted molar refractivity (Wildman–Crippen MR) is 45.8 cm³/mol. The summed E-state index contributed by atoms with van der Waals surface area (Å²) in [6.45, 7) is 2.30. The molecular formula is C10H19. The summed E-state index contributed by atoms with van der Waals surface area (Å²) in [4.78, 5) is 0. The van der Waals surface area contributed by atoms with E-state index < -0.39 is 0 Å². The van der Waals surface area contributed by atoms with E-state index in [0.717, 1.165) is 5.92 Å². The molecule has 1 atom stereocenters. The van der Waals surface area contributed by atoms with Gasteiger partial charge >= 0.3 is 0 Å². The lowest BCUT2D eigenvalue weighted by atomic mass is 9.96. The summed E-state index contributed by atoms with van der Waals surface area (Å²) in [5.74, 6) is 1.06.